The molecule has 2 aromatic heterocycles. The Bertz CT molecular complexity index is 1450. The minimum atomic E-state index is -0.425. The number of nitrogens with zero attached hydrogens (tertiary/aromatic N) is 4. The molecule has 0 atom stereocenters. The van der Waals surface area contributed by atoms with Crippen molar-refractivity contribution >= 4 is 28.7 Å². The number of anilines is 1. The number of aromatic nitrogens is 4. The van der Waals surface area contributed by atoms with E-state index in [1.165, 1.54) is 11.6 Å². The van der Waals surface area contributed by atoms with Crippen molar-refractivity contribution < 1.29 is 9.47 Å². The smallest absolute Gasteiger partial charge is 0.332 e. The lowest BCUT2D eigenvalue weighted by Crippen LogP contribution is -2.37. The number of rotatable bonds is 8. The van der Waals surface area contributed by atoms with Gasteiger partial charge < -0.3 is 14.8 Å². The lowest BCUT2D eigenvalue weighted by atomic mass is 10.1. The van der Waals surface area contributed by atoms with E-state index in [-0.39, 0.29) is 0 Å². The van der Waals surface area contributed by atoms with Crippen molar-refractivity contribution in [1.29, 1.82) is 0 Å². The number of halogens is 1. The fraction of sp³-hybridized carbons (Fsp3) is 0.292. The van der Waals surface area contributed by atoms with Gasteiger partial charge in [-0.25, -0.2) is 4.79 Å². The Balaban J connectivity index is 1.69. The summed E-state index contributed by atoms with van der Waals surface area (Å²) in [5.41, 5.74) is 1.86. The van der Waals surface area contributed by atoms with Gasteiger partial charge in [0.05, 0.1) is 20.8 Å². The van der Waals surface area contributed by atoms with Gasteiger partial charge in [0.15, 0.2) is 22.7 Å². The normalized spacial score (nSPS) is 11.1. The summed E-state index contributed by atoms with van der Waals surface area (Å²) in [4.78, 5) is 30.1. The average Bonchev–Trinajstić information content (AvgIpc) is 3.20. The first-order valence-electron chi connectivity index (χ1n) is 10.7. The van der Waals surface area contributed by atoms with Crippen LogP contribution >= 0.6 is 11.6 Å². The molecule has 0 amide bonds. The Morgan fingerprint density at radius 3 is 2.29 bits per heavy atom. The van der Waals surface area contributed by atoms with Crippen LogP contribution in [0.4, 0.5) is 5.95 Å². The number of hydrogen-bond acceptors (Lipinski definition) is 6. The van der Waals surface area contributed by atoms with Crippen LogP contribution in [0.2, 0.25) is 5.02 Å². The summed E-state index contributed by atoms with van der Waals surface area (Å²) in [6.07, 6.45) is 0.682. The summed E-state index contributed by atoms with van der Waals surface area (Å²) in [7, 11) is 6.27. The summed E-state index contributed by atoms with van der Waals surface area (Å²) in [5, 5.41) is 3.96. The van der Waals surface area contributed by atoms with Crippen molar-refractivity contribution in [1.82, 2.24) is 18.7 Å². The van der Waals surface area contributed by atoms with Gasteiger partial charge in [0.2, 0.25) is 5.95 Å². The number of imidazole rings is 1. The maximum atomic E-state index is 13.0. The molecule has 0 spiro atoms. The average molecular weight is 484 g/mol. The summed E-state index contributed by atoms with van der Waals surface area (Å²) < 4.78 is 15.0. The van der Waals surface area contributed by atoms with Crippen molar-refractivity contribution in [3.8, 4) is 11.5 Å². The molecule has 0 aliphatic carbocycles. The number of fused-ring (bicyclic) bond motifs is 1. The monoisotopic (exact) mass is 483 g/mol. The van der Waals surface area contributed by atoms with E-state index in [9.17, 15) is 9.59 Å². The molecule has 34 heavy (non-hydrogen) atoms. The van der Waals surface area contributed by atoms with Gasteiger partial charge in [0.1, 0.15) is 0 Å². The molecule has 178 valence electrons. The van der Waals surface area contributed by atoms with Crippen molar-refractivity contribution in [2.75, 3.05) is 26.1 Å². The number of hydrogen-bond donors (Lipinski definition) is 1. The van der Waals surface area contributed by atoms with Crippen molar-refractivity contribution in [3.05, 3.63) is 79.5 Å². The first-order chi connectivity index (χ1) is 16.3. The third-order valence-corrected chi connectivity index (χ3v) is 6.00. The van der Waals surface area contributed by atoms with E-state index in [2.05, 4.69) is 10.3 Å². The second-order valence-corrected chi connectivity index (χ2v) is 8.33. The third-order valence-electron chi connectivity index (χ3n) is 5.75. The molecule has 0 radical (unpaired) electrons. The van der Waals surface area contributed by atoms with Crippen LogP contribution in [0, 0.1) is 0 Å². The van der Waals surface area contributed by atoms with E-state index in [1.807, 2.05) is 30.3 Å². The summed E-state index contributed by atoms with van der Waals surface area (Å²) in [6.45, 7) is 0.938. The highest BCUT2D eigenvalue weighted by Crippen LogP contribution is 2.27. The first-order valence-corrected chi connectivity index (χ1v) is 11.1. The van der Waals surface area contributed by atoms with Gasteiger partial charge >= 0.3 is 5.69 Å². The van der Waals surface area contributed by atoms with Crippen molar-refractivity contribution in [2.24, 2.45) is 14.1 Å². The zero-order chi connectivity index (χ0) is 24.4. The molecule has 0 aliphatic heterocycles. The Labute approximate surface area is 201 Å². The predicted octanol–water partition coefficient (Wildman–Crippen LogP) is 2.81. The predicted molar refractivity (Wildman–Crippen MR) is 133 cm³/mol. The lowest BCUT2D eigenvalue weighted by Gasteiger charge is -2.12. The van der Waals surface area contributed by atoms with Gasteiger partial charge in [-0.1, -0.05) is 29.8 Å². The Morgan fingerprint density at radius 2 is 1.62 bits per heavy atom. The van der Waals surface area contributed by atoms with E-state index in [4.69, 9.17) is 21.1 Å². The lowest BCUT2D eigenvalue weighted by molar-refractivity contribution is 0.354. The summed E-state index contributed by atoms with van der Waals surface area (Å²) in [5.74, 6) is 1.83. The van der Waals surface area contributed by atoms with Crippen LogP contribution in [-0.2, 0) is 27.1 Å². The molecule has 2 heterocycles. The van der Waals surface area contributed by atoms with Gasteiger partial charge in [-0.15, -0.1) is 0 Å². The van der Waals surface area contributed by atoms with E-state index < -0.39 is 11.2 Å². The van der Waals surface area contributed by atoms with Crippen LogP contribution in [0.25, 0.3) is 11.2 Å². The van der Waals surface area contributed by atoms with Crippen LogP contribution < -0.4 is 26.0 Å². The van der Waals surface area contributed by atoms with Gasteiger partial charge in [0.25, 0.3) is 5.56 Å². The van der Waals surface area contributed by atoms with E-state index in [0.29, 0.717) is 53.1 Å². The molecule has 4 aromatic rings. The maximum absolute atomic E-state index is 13.0. The highest BCUT2D eigenvalue weighted by molar-refractivity contribution is 6.30. The van der Waals surface area contributed by atoms with E-state index >= 15 is 0 Å². The van der Waals surface area contributed by atoms with Crippen LogP contribution in [-0.4, -0.2) is 39.4 Å². The van der Waals surface area contributed by atoms with Gasteiger partial charge in [-0.3, -0.25) is 18.5 Å². The highest BCUT2D eigenvalue weighted by Gasteiger charge is 2.19. The number of methoxy groups -OCH3 is 2. The van der Waals surface area contributed by atoms with Crippen LogP contribution in [0.15, 0.2) is 52.1 Å². The zero-order valence-electron chi connectivity index (χ0n) is 19.5. The largest absolute Gasteiger partial charge is 0.493 e. The number of ether oxygens (including phenoxy) is 2. The number of benzene rings is 2. The third kappa shape index (κ3) is 4.38. The first kappa shape index (κ1) is 23.4. The number of aryl methyl sites for hydroxylation is 1. The standard InChI is InChI=1S/C24H26ClN5O4/c1-28-21-20(22(31)29(2)24(28)32)30(14-16-5-8-17(25)9-6-16)23(27-21)26-12-11-15-7-10-18(33-3)19(13-15)34-4/h5-10,13H,11-12,14H2,1-4H3,(H,26,27). The summed E-state index contributed by atoms with van der Waals surface area (Å²) >= 11 is 6.03. The second-order valence-electron chi connectivity index (χ2n) is 7.89. The topological polar surface area (TPSA) is 92.3 Å². The Kier molecular flexibility index (Phi) is 6.65. The highest BCUT2D eigenvalue weighted by atomic mass is 35.5. The zero-order valence-corrected chi connectivity index (χ0v) is 20.2. The summed E-state index contributed by atoms with van der Waals surface area (Å²) in [6, 6.07) is 13.2. The van der Waals surface area contributed by atoms with Crippen molar-refractivity contribution in [3.63, 3.8) is 0 Å². The number of nitrogens with one attached hydrogen (secondary N) is 1. The van der Waals surface area contributed by atoms with E-state index in [0.717, 1.165) is 15.7 Å². The van der Waals surface area contributed by atoms with Gasteiger partial charge in [-0.05, 0) is 41.8 Å². The Morgan fingerprint density at radius 1 is 0.941 bits per heavy atom. The van der Waals surface area contributed by atoms with Crippen LogP contribution in [0.1, 0.15) is 11.1 Å². The molecule has 0 unspecified atom stereocenters. The minimum Gasteiger partial charge on any atom is -0.493 e. The fourth-order valence-electron chi connectivity index (χ4n) is 3.86. The van der Waals surface area contributed by atoms with Gasteiger partial charge in [-0.2, -0.15) is 4.98 Å². The van der Waals surface area contributed by atoms with Crippen LogP contribution in [0.3, 0.4) is 0 Å². The molecule has 1 N–H and O–H groups in total. The Hall–Kier alpha value is -3.72. The molecule has 2 aromatic carbocycles. The fourth-order valence-corrected chi connectivity index (χ4v) is 3.99. The maximum Gasteiger partial charge on any atom is 0.332 e. The second kappa shape index (κ2) is 9.64. The molecule has 0 saturated carbocycles. The van der Waals surface area contributed by atoms with Crippen molar-refractivity contribution in [2.45, 2.75) is 13.0 Å². The molecule has 0 bridgehead atoms. The molecular weight excluding hydrogens is 458 g/mol. The quantitative estimate of drug-likeness (QED) is 0.414. The van der Waals surface area contributed by atoms with Crippen LogP contribution in [0.5, 0.6) is 11.5 Å². The SMILES string of the molecule is COc1ccc(CCNc2nc3c(c(=O)n(C)c(=O)n3C)n2Cc2ccc(Cl)cc2)cc1OC. The molecule has 10 heteroatoms. The molecule has 4 rings (SSSR count). The minimum absolute atomic E-state index is 0.329. The molecule has 0 aliphatic rings. The van der Waals surface area contributed by atoms with E-state index in [1.54, 1.807) is 38.0 Å². The molecule has 0 fully saturated rings. The molecule has 0 saturated heterocycles. The molecular formula is C24H26ClN5O4. The molecule has 9 nitrogen and oxygen atoms in total. The van der Waals surface area contributed by atoms with Gasteiger partial charge in [0, 0.05) is 25.7 Å².